The zero-order valence-corrected chi connectivity index (χ0v) is 12.2. The van der Waals surface area contributed by atoms with Crippen molar-refractivity contribution in [2.75, 3.05) is 0 Å². The summed E-state index contributed by atoms with van der Waals surface area (Å²) in [5.41, 5.74) is 2.37. The van der Waals surface area contributed by atoms with Crippen LogP contribution < -0.4 is 0 Å². The van der Waals surface area contributed by atoms with Crippen LogP contribution in [-0.2, 0) is 0 Å². The van der Waals surface area contributed by atoms with Gasteiger partial charge in [-0.15, -0.1) is 0 Å². The Balaban J connectivity index is 2.17. The summed E-state index contributed by atoms with van der Waals surface area (Å²) in [6.45, 7) is 1.83. The maximum absolute atomic E-state index is 13.0. The summed E-state index contributed by atoms with van der Waals surface area (Å²) in [6, 6.07) is 11.7. The van der Waals surface area contributed by atoms with Gasteiger partial charge in [0.15, 0.2) is 5.78 Å². The molecule has 0 saturated heterocycles. The van der Waals surface area contributed by atoms with Gasteiger partial charge in [-0.25, -0.2) is 4.39 Å². The molecule has 0 atom stereocenters. The number of carbonyl (C=O) groups excluding carboxylic acids is 1. The first-order valence-corrected chi connectivity index (χ1v) is 7.07. The average molecular weight is 302 g/mol. The maximum Gasteiger partial charge on any atom is 0.162 e. The molecule has 0 spiro atoms. The van der Waals surface area contributed by atoms with Crippen LogP contribution in [0.4, 0.5) is 4.39 Å². The first kappa shape index (κ1) is 13.8. The van der Waals surface area contributed by atoms with Crippen LogP contribution in [0, 0.1) is 5.82 Å². The zero-order chi connectivity index (χ0) is 15.0. The monoisotopic (exact) mass is 301 g/mol. The second kappa shape index (κ2) is 5.34. The Hall–Kier alpha value is -2.13. The smallest absolute Gasteiger partial charge is 0.162 e. The van der Waals surface area contributed by atoms with E-state index in [1.807, 2.05) is 23.6 Å². The highest BCUT2D eigenvalue weighted by Crippen LogP contribution is 2.29. The van der Waals surface area contributed by atoms with E-state index in [2.05, 4.69) is 0 Å². The highest BCUT2D eigenvalue weighted by atomic mass is 35.5. The number of fused-ring (bicyclic) bond motifs is 1. The largest absolute Gasteiger partial charge is 0.315 e. The van der Waals surface area contributed by atoms with Crippen molar-refractivity contribution in [3.63, 3.8) is 0 Å². The first-order valence-electron chi connectivity index (χ1n) is 6.70. The number of ketones is 1. The van der Waals surface area contributed by atoms with E-state index in [0.717, 1.165) is 16.6 Å². The molecular formula is C17H13ClFNO. The third-order valence-corrected chi connectivity index (χ3v) is 3.80. The molecule has 0 saturated carbocycles. The van der Waals surface area contributed by atoms with Gasteiger partial charge in [0.05, 0.1) is 10.5 Å². The Kier molecular flexibility index (Phi) is 3.52. The van der Waals surface area contributed by atoms with Crippen molar-refractivity contribution in [2.24, 2.45) is 0 Å². The van der Waals surface area contributed by atoms with Crippen LogP contribution in [0.1, 0.15) is 23.7 Å². The number of benzene rings is 2. The maximum atomic E-state index is 13.0. The van der Waals surface area contributed by atoms with Crippen molar-refractivity contribution in [3.8, 4) is 5.69 Å². The van der Waals surface area contributed by atoms with E-state index >= 15 is 0 Å². The van der Waals surface area contributed by atoms with Crippen LogP contribution in [0.3, 0.4) is 0 Å². The molecule has 1 heterocycles. The summed E-state index contributed by atoms with van der Waals surface area (Å²) in [5.74, 6) is -0.195. The molecule has 0 unspecified atom stereocenters. The molecule has 0 amide bonds. The van der Waals surface area contributed by atoms with Crippen LogP contribution >= 0.6 is 11.6 Å². The Morgan fingerprint density at radius 3 is 2.57 bits per heavy atom. The minimum Gasteiger partial charge on any atom is -0.315 e. The number of rotatable bonds is 3. The Morgan fingerprint density at radius 2 is 1.90 bits per heavy atom. The second-order valence-electron chi connectivity index (χ2n) is 4.83. The molecule has 106 valence electrons. The summed E-state index contributed by atoms with van der Waals surface area (Å²) >= 11 is 6.27. The van der Waals surface area contributed by atoms with Gasteiger partial charge in [-0.05, 0) is 42.5 Å². The van der Waals surface area contributed by atoms with Gasteiger partial charge in [-0.3, -0.25) is 4.79 Å². The molecule has 4 heteroatoms. The summed E-state index contributed by atoms with van der Waals surface area (Å²) in [5, 5.41) is 1.39. The molecule has 3 rings (SSSR count). The fourth-order valence-corrected chi connectivity index (χ4v) is 2.63. The molecule has 1 aromatic heterocycles. The number of nitrogens with zero attached hydrogens (tertiary/aromatic N) is 1. The summed E-state index contributed by atoms with van der Waals surface area (Å²) in [6.07, 6.45) is 2.24. The van der Waals surface area contributed by atoms with Crippen LogP contribution in [0.15, 0.2) is 48.7 Å². The molecule has 0 N–H and O–H groups in total. The molecule has 0 radical (unpaired) electrons. The first-order chi connectivity index (χ1) is 10.1. The van der Waals surface area contributed by atoms with Crippen molar-refractivity contribution in [1.29, 1.82) is 0 Å². The normalized spacial score (nSPS) is 11.0. The van der Waals surface area contributed by atoms with Crippen molar-refractivity contribution in [2.45, 2.75) is 13.3 Å². The topological polar surface area (TPSA) is 22.0 Å². The molecule has 0 aliphatic rings. The summed E-state index contributed by atoms with van der Waals surface area (Å²) in [7, 11) is 0. The Labute approximate surface area is 126 Å². The van der Waals surface area contributed by atoms with Gasteiger partial charge in [0.1, 0.15) is 5.82 Å². The number of Topliss-reactive ketones (excluding diaryl/α,β-unsaturated/α-hetero) is 1. The van der Waals surface area contributed by atoms with Gasteiger partial charge in [0.2, 0.25) is 0 Å². The van der Waals surface area contributed by atoms with Gasteiger partial charge in [-0.1, -0.05) is 18.5 Å². The Bertz CT molecular complexity index is 821. The van der Waals surface area contributed by atoms with Gasteiger partial charge < -0.3 is 4.57 Å². The number of halogens is 2. The highest BCUT2D eigenvalue weighted by Gasteiger charge is 2.11. The third kappa shape index (κ3) is 2.45. The Morgan fingerprint density at radius 1 is 1.19 bits per heavy atom. The molecule has 2 aromatic carbocycles. The van der Waals surface area contributed by atoms with E-state index < -0.39 is 0 Å². The van der Waals surface area contributed by atoms with Crippen LogP contribution in [0.25, 0.3) is 16.6 Å². The molecule has 0 aliphatic heterocycles. The van der Waals surface area contributed by atoms with E-state index in [1.165, 1.54) is 12.1 Å². The lowest BCUT2D eigenvalue weighted by atomic mass is 10.1. The standard InChI is InChI=1S/C17H13ClFNO/c1-2-17(21)11-3-8-16-14(9-11)15(18)10-20(16)13-6-4-12(19)5-7-13/h3-10H,2H2,1H3. The van der Waals surface area contributed by atoms with E-state index in [9.17, 15) is 9.18 Å². The SMILES string of the molecule is CCC(=O)c1ccc2c(c1)c(Cl)cn2-c1ccc(F)cc1. The second-order valence-corrected chi connectivity index (χ2v) is 5.24. The van der Waals surface area contributed by atoms with Gasteiger partial charge in [0, 0.05) is 29.3 Å². The van der Waals surface area contributed by atoms with Gasteiger partial charge in [-0.2, -0.15) is 0 Å². The fourth-order valence-electron chi connectivity index (χ4n) is 2.38. The number of hydrogen-bond acceptors (Lipinski definition) is 1. The number of carbonyl (C=O) groups is 1. The van der Waals surface area contributed by atoms with E-state index in [0.29, 0.717) is 17.0 Å². The zero-order valence-electron chi connectivity index (χ0n) is 11.4. The summed E-state index contributed by atoms with van der Waals surface area (Å²) < 4.78 is 14.9. The predicted octanol–water partition coefficient (Wildman–Crippen LogP) is 5.02. The van der Waals surface area contributed by atoms with Gasteiger partial charge in [0.25, 0.3) is 0 Å². The van der Waals surface area contributed by atoms with Crippen molar-refractivity contribution >= 4 is 28.3 Å². The molecule has 0 fully saturated rings. The minimum atomic E-state index is -0.280. The number of aromatic nitrogens is 1. The van der Waals surface area contributed by atoms with E-state index in [4.69, 9.17) is 11.6 Å². The summed E-state index contributed by atoms with van der Waals surface area (Å²) in [4.78, 5) is 11.8. The van der Waals surface area contributed by atoms with E-state index in [1.54, 1.807) is 24.4 Å². The van der Waals surface area contributed by atoms with Crippen LogP contribution in [-0.4, -0.2) is 10.4 Å². The lowest BCUT2D eigenvalue weighted by Gasteiger charge is -2.05. The quantitative estimate of drug-likeness (QED) is 0.623. The molecule has 2 nitrogen and oxygen atoms in total. The van der Waals surface area contributed by atoms with Crippen LogP contribution in [0.5, 0.6) is 0 Å². The predicted molar refractivity (Wildman–Crippen MR) is 82.9 cm³/mol. The average Bonchev–Trinajstić information content (AvgIpc) is 2.84. The van der Waals surface area contributed by atoms with Crippen LogP contribution in [0.2, 0.25) is 5.02 Å². The van der Waals surface area contributed by atoms with Gasteiger partial charge >= 0.3 is 0 Å². The van der Waals surface area contributed by atoms with Crippen molar-refractivity contribution in [3.05, 3.63) is 65.1 Å². The third-order valence-electron chi connectivity index (χ3n) is 3.50. The molecule has 21 heavy (non-hydrogen) atoms. The lowest BCUT2D eigenvalue weighted by Crippen LogP contribution is -1.96. The van der Waals surface area contributed by atoms with Crippen molar-refractivity contribution in [1.82, 2.24) is 4.57 Å². The molecule has 0 bridgehead atoms. The number of hydrogen-bond donors (Lipinski definition) is 0. The molecule has 0 aliphatic carbocycles. The molecule has 3 aromatic rings. The lowest BCUT2D eigenvalue weighted by molar-refractivity contribution is 0.0988. The fraction of sp³-hybridized carbons (Fsp3) is 0.118. The minimum absolute atomic E-state index is 0.0856. The molecular weight excluding hydrogens is 289 g/mol. The van der Waals surface area contributed by atoms with E-state index in [-0.39, 0.29) is 11.6 Å². The van der Waals surface area contributed by atoms with Crippen molar-refractivity contribution < 1.29 is 9.18 Å². The highest BCUT2D eigenvalue weighted by molar-refractivity contribution is 6.35.